The summed E-state index contributed by atoms with van der Waals surface area (Å²) in [7, 11) is 0. The van der Waals surface area contributed by atoms with Crippen LogP contribution in [0.2, 0.25) is 0 Å². The molecule has 0 fully saturated rings. The summed E-state index contributed by atoms with van der Waals surface area (Å²) in [5, 5.41) is 11.3. The Hall–Kier alpha value is -0.560. The molecule has 1 unspecified atom stereocenters. The molecule has 0 aliphatic rings. The Kier molecular flexibility index (Phi) is 5.86. The maximum Gasteiger partial charge on any atom is 0.152 e. The minimum atomic E-state index is -0.947. The molecule has 2 atom stereocenters. The molecule has 0 bridgehead atoms. The maximum absolute atomic E-state index is 9.76. The third-order valence-electron chi connectivity index (χ3n) is 0.950. The lowest BCUT2D eigenvalue weighted by Crippen LogP contribution is -2.28. The summed E-state index contributed by atoms with van der Waals surface area (Å²) in [5.41, 5.74) is 0. The predicted molar refractivity (Wildman–Crippen MR) is 37.4 cm³/mol. The van der Waals surface area contributed by atoms with Crippen LogP contribution in [0.1, 0.15) is 6.92 Å². The minimum absolute atomic E-state index is 0.0383. The van der Waals surface area contributed by atoms with Gasteiger partial charge in [-0.05, 0) is 6.92 Å². The van der Waals surface area contributed by atoms with Crippen LogP contribution < -0.4 is 5.90 Å². The Bertz CT molecular complexity index is 109. The third-order valence-corrected chi connectivity index (χ3v) is 0.950. The highest BCUT2D eigenvalue weighted by Gasteiger charge is 2.11. The van der Waals surface area contributed by atoms with Gasteiger partial charge in [0.25, 0.3) is 0 Å². The quantitative estimate of drug-likeness (QED) is 0.309. The van der Waals surface area contributed by atoms with Gasteiger partial charge >= 0.3 is 0 Å². The number of aliphatic hydroxyl groups is 1. The van der Waals surface area contributed by atoms with Gasteiger partial charge in [0, 0.05) is 0 Å². The molecular weight excluding hydrogens is 152 g/mol. The van der Waals surface area contributed by atoms with Gasteiger partial charge in [-0.15, -0.1) is 0 Å². The van der Waals surface area contributed by atoms with Crippen molar-refractivity contribution in [2.75, 3.05) is 13.2 Å². The molecule has 0 aromatic heterocycles. The SMILES string of the molecule is C[C@@H](O)OC(CN=O)CON. The average molecular weight is 164 g/mol. The summed E-state index contributed by atoms with van der Waals surface area (Å²) in [4.78, 5) is 14.0. The number of rotatable bonds is 6. The van der Waals surface area contributed by atoms with Crippen molar-refractivity contribution in [3.8, 4) is 0 Å². The van der Waals surface area contributed by atoms with Crippen LogP contribution >= 0.6 is 0 Å². The molecule has 11 heavy (non-hydrogen) atoms. The molecule has 0 spiro atoms. The van der Waals surface area contributed by atoms with Crippen molar-refractivity contribution in [3.63, 3.8) is 0 Å². The van der Waals surface area contributed by atoms with E-state index in [2.05, 4.69) is 10.0 Å². The predicted octanol–water partition coefficient (Wildman–Crippen LogP) is -0.633. The van der Waals surface area contributed by atoms with Crippen molar-refractivity contribution in [2.45, 2.75) is 19.3 Å². The van der Waals surface area contributed by atoms with Crippen molar-refractivity contribution in [3.05, 3.63) is 4.91 Å². The number of nitrogens with zero attached hydrogens (tertiary/aromatic N) is 1. The Morgan fingerprint density at radius 1 is 1.73 bits per heavy atom. The van der Waals surface area contributed by atoms with Gasteiger partial charge in [0.05, 0.1) is 6.61 Å². The van der Waals surface area contributed by atoms with Crippen LogP contribution in [0.5, 0.6) is 0 Å². The van der Waals surface area contributed by atoms with Gasteiger partial charge in [-0.3, -0.25) is 0 Å². The Balaban J connectivity index is 3.58. The van der Waals surface area contributed by atoms with E-state index in [0.717, 1.165) is 0 Å². The number of nitrogens with two attached hydrogens (primary N) is 1. The van der Waals surface area contributed by atoms with Crippen LogP contribution in [0.3, 0.4) is 0 Å². The fourth-order valence-corrected chi connectivity index (χ4v) is 0.604. The van der Waals surface area contributed by atoms with Crippen molar-refractivity contribution in [1.82, 2.24) is 0 Å². The molecule has 0 heterocycles. The fraction of sp³-hybridized carbons (Fsp3) is 1.00. The van der Waals surface area contributed by atoms with Gasteiger partial charge in [-0.2, -0.15) is 4.91 Å². The number of ether oxygens (including phenoxy) is 1. The summed E-state index contributed by atoms with van der Waals surface area (Å²) in [6.45, 7) is 1.38. The fourth-order valence-electron chi connectivity index (χ4n) is 0.604. The topological polar surface area (TPSA) is 94.1 Å². The highest BCUT2D eigenvalue weighted by Crippen LogP contribution is 1.96. The first-order chi connectivity index (χ1) is 5.20. The molecule has 3 N–H and O–H groups in total. The van der Waals surface area contributed by atoms with E-state index < -0.39 is 12.4 Å². The van der Waals surface area contributed by atoms with Crippen LogP contribution in [-0.2, 0) is 9.57 Å². The number of hydrogen-bond acceptors (Lipinski definition) is 6. The molecule has 0 aliphatic carbocycles. The van der Waals surface area contributed by atoms with E-state index in [1.807, 2.05) is 0 Å². The number of hydrogen-bond donors (Lipinski definition) is 2. The molecule has 0 saturated heterocycles. The average Bonchev–Trinajstić information content (AvgIpc) is 1.87. The van der Waals surface area contributed by atoms with Crippen LogP contribution in [0.4, 0.5) is 0 Å². The lowest BCUT2D eigenvalue weighted by Gasteiger charge is -2.14. The highest BCUT2D eigenvalue weighted by atomic mass is 16.7. The van der Waals surface area contributed by atoms with Gasteiger partial charge in [-0.25, -0.2) is 5.90 Å². The van der Waals surface area contributed by atoms with Crippen molar-refractivity contribution in [1.29, 1.82) is 0 Å². The molecule has 0 radical (unpaired) electrons. The maximum atomic E-state index is 9.76. The van der Waals surface area contributed by atoms with Gasteiger partial charge < -0.3 is 14.7 Å². The van der Waals surface area contributed by atoms with E-state index in [9.17, 15) is 4.91 Å². The second-order valence-corrected chi connectivity index (χ2v) is 2.00. The standard InChI is InChI=1S/C5H12N2O4/c1-4(8)11-5(2-7-9)3-10-6/h4-5,8H,2-3,6H2,1H3/t4-,5?/m0/s1. The Labute approximate surface area is 64.2 Å². The van der Waals surface area contributed by atoms with Gasteiger partial charge in [-0.1, -0.05) is 5.18 Å². The Morgan fingerprint density at radius 3 is 2.73 bits per heavy atom. The molecule has 6 nitrogen and oxygen atoms in total. The molecule has 0 saturated carbocycles. The van der Waals surface area contributed by atoms with E-state index in [0.29, 0.717) is 0 Å². The third kappa shape index (κ3) is 5.86. The molecule has 66 valence electrons. The minimum Gasteiger partial charge on any atom is -0.368 e. The van der Waals surface area contributed by atoms with E-state index >= 15 is 0 Å². The van der Waals surface area contributed by atoms with Crippen LogP contribution in [0.25, 0.3) is 0 Å². The summed E-state index contributed by atoms with van der Waals surface area (Å²) < 4.78 is 4.79. The molecule has 0 aromatic carbocycles. The zero-order valence-electron chi connectivity index (χ0n) is 6.27. The Morgan fingerprint density at radius 2 is 2.36 bits per heavy atom. The monoisotopic (exact) mass is 164 g/mol. The normalized spacial score (nSPS) is 15.9. The first-order valence-electron chi connectivity index (χ1n) is 3.15. The molecule has 0 aliphatic heterocycles. The van der Waals surface area contributed by atoms with E-state index in [1.54, 1.807) is 0 Å². The zero-order valence-corrected chi connectivity index (χ0v) is 6.27. The lowest BCUT2D eigenvalue weighted by atomic mass is 10.4. The smallest absolute Gasteiger partial charge is 0.152 e. The first-order valence-corrected chi connectivity index (χ1v) is 3.15. The number of aliphatic hydroxyl groups excluding tert-OH is 1. The molecule has 0 rings (SSSR count). The summed E-state index contributed by atoms with van der Waals surface area (Å²) in [6.07, 6.45) is -1.52. The summed E-state index contributed by atoms with van der Waals surface area (Å²) in [5.74, 6) is 4.73. The molecule has 0 aromatic rings. The second-order valence-electron chi connectivity index (χ2n) is 2.00. The largest absolute Gasteiger partial charge is 0.368 e. The second kappa shape index (κ2) is 6.17. The molecule has 0 amide bonds. The van der Waals surface area contributed by atoms with Gasteiger partial charge in [0.2, 0.25) is 0 Å². The molecule has 6 heteroatoms. The zero-order chi connectivity index (χ0) is 8.69. The van der Waals surface area contributed by atoms with E-state index in [-0.39, 0.29) is 13.2 Å². The summed E-state index contributed by atoms with van der Waals surface area (Å²) in [6, 6.07) is 0. The van der Waals surface area contributed by atoms with Gasteiger partial charge in [0.15, 0.2) is 6.29 Å². The lowest BCUT2D eigenvalue weighted by molar-refractivity contribution is -0.138. The highest BCUT2D eigenvalue weighted by molar-refractivity contribution is 4.59. The molecular formula is C5H12N2O4. The summed E-state index contributed by atoms with van der Waals surface area (Å²) >= 11 is 0. The van der Waals surface area contributed by atoms with Crippen molar-refractivity contribution >= 4 is 0 Å². The van der Waals surface area contributed by atoms with Crippen LogP contribution in [0, 0.1) is 4.91 Å². The first kappa shape index (κ1) is 10.4. The van der Waals surface area contributed by atoms with Crippen molar-refractivity contribution in [2.24, 2.45) is 11.1 Å². The van der Waals surface area contributed by atoms with E-state index in [1.165, 1.54) is 6.92 Å². The van der Waals surface area contributed by atoms with Crippen molar-refractivity contribution < 1.29 is 14.7 Å². The van der Waals surface area contributed by atoms with Gasteiger partial charge in [0.1, 0.15) is 12.6 Å². The van der Waals surface area contributed by atoms with E-state index in [4.69, 9.17) is 15.7 Å². The number of nitroso groups, excluding NO2 is 1. The van der Waals surface area contributed by atoms with Crippen LogP contribution in [-0.4, -0.2) is 30.7 Å². The van der Waals surface area contributed by atoms with Crippen LogP contribution in [0.15, 0.2) is 5.18 Å².